The molecule has 0 amide bonds. The summed E-state index contributed by atoms with van der Waals surface area (Å²) < 4.78 is 197. The average molecular weight is 557 g/mol. The lowest BCUT2D eigenvalue weighted by Gasteiger charge is -2.41. The van der Waals surface area contributed by atoms with E-state index in [1.807, 2.05) is 0 Å². The highest BCUT2D eigenvalue weighted by atomic mass is 32.2. The molecule has 0 aromatic rings. The molecule has 0 spiro atoms. The highest BCUT2D eigenvalue weighted by Gasteiger charge is 2.91. The molecule has 0 heterocycles. The molecule has 0 fully saturated rings. The molecule has 1 unspecified atom stereocenters. The molecule has 0 rings (SSSR count). The van der Waals surface area contributed by atoms with Crippen molar-refractivity contribution in [2.45, 2.75) is 75.7 Å². The Morgan fingerprint density at radius 1 is 0.647 bits per heavy atom. The second-order valence-corrected chi connectivity index (χ2v) is 8.53. The molecule has 0 bridgehead atoms. The summed E-state index contributed by atoms with van der Waals surface area (Å²) in [5.41, 5.74) is 0. The summed E-state index contributed by atoms with van der Waals surface area (Å²) in [5.74, 6) is -38.9. The second kappa shape index (κ2) is 10.5. The van der Waals surface area contributed by atoms with Crippen LogP contribution in [0.25, 0.3) is 0 Å². The van der Waals surface area contributed by atoms with Crippen LogP contribution in [0, 0.1) is 0 Å². The highest BCUT2D eigenvalue weighted by molar-refractivity contribution is 7.86. The van der Waals surface area contributed by atoms with Gasteiger partial charge in [0.15, 0.2) is 16.3 Å². The first kappa shape index (κ1) is 35.1. The number of halogens is 13. The second-order valence-electron chi connectivity index (χ2n) is 7.11. The van der Waals surface area contributed by atoms with E-state index in [0.717, 1.165) is 0 Å². The van der Waals surface area contributed by atoms with Crippen molar-refractivity contribution in [1.29, 1.82) is 0 Å². The maximum Gasteiger partial charge on any atom is 0.402 e. The van der Waals surface area contributed by atoms with Crippen molar-refractivity contribution in [2.24, 2.45) is 0 Å². The normalized spacial score (nSPS) is 16.1. The first-order valence-electron chi connectivity index (χ1n) is 9.40. The van der Waals surface area contributed by atoms with Gasteiger partial charge in [-0.15, -0.1) is 0 Å². The van der Waals surface area contributed by atoms with E-state index in [2.05, 4.69) is 27.7 Å². The maximum atomic E-state index is 13.0. The molecule has 0 aliphatic carbocycles. The van der Waals surface area contributed by atoms with Crippen LogP contribution in [-0.2, 0) is 10.1 Å². The summed E-state index contributed by atoms with van der Waals surface area (Å²) >= 11 is 0. The van der Waals surface area contributed by atoms with Crippen molar-refractivity contribution in [3.63, 3.8) is 0 Å². The fourth-order valence-corrected chi connectivity index (χ4v) is 2.98. The zero-order valence-corrected chi connectivity index (χ0v) is 19.2. The molecule has 0 saturated carbocycles. The lowest BCUT2D eigenvalue weighted by molar-refractivity contribution is -0.921. The number of hydrogen-bond acceptors (Lipinski definition) is 3. The van der Waals surface area contributed by atoms with Crippen LogP contribution in [0.2, 0.25) is 0 Å². The van der Waals surface area contributed by atoms with Gasteiger partial charge >= 0.3 is 34.9 Å². The van der Waals surface area contributed by atoms with Crippen LogP contribution in [0.15, 0.2) is 0 Å². The minimum Gasteiger partial charge on any atom is -0.743 e. The van der Waals surface area contributed by atoms with Crippen molar-refractivity contribution in [2.75, 3.05) is 26.2 Å². The van der Waals surface area contributed by atoms with E-state index in [1.165, 1.54) is 30.7 Å². The summed E-state index contributed by atoms with van der Waals surface area (Å²) in [6.45, 7) is 13.6. The monoisotopic (exact) mass is 557 g/mol. The van der Waals surface area contributed by atoms with Gasteiger partial charge in [0.25, 0.3) is 0 Å². The third-order valence-corrected chi connectivity index (χ3v) is 6.35. The summed E-state index contributed by atoms with van der Waals surface area (Å²) in [4.78, 5) is 0. The number of nitrogens with zero attached hydrogens (tertiary/aromatic N) is 1. The lowest BCUT2D eigenvalue weighted by atomic mass is 9.92. The van der Waals surface area contributed by atoms with Gasteiger partial charge in [-0.05, 0) is 34.6 Å². The van der Waals surface area contributed by atoms with Gasteiger partial charge in [0.2, 0.25) is 0 Å². The number of quaternary nitrogens is 1. The standard InChI is InChI=1S/C8H5F13O3S.C8H20N/c1-2(9)3(10,11)4(12,13)5(14,15)6(16,17)7(18,19)8(20,21)25(22,23)24;1-5-9(6-2,7-3)8-4/h2H,1H3,(H,22,23,24);5-8H2,1-4H3/q;+1/p-1. The Balaban J connectivity index is 0. The van der Waals surface area contributed by atoms with Gasteiger partial charge in [0.05, 0.1) is 26.2 Å². The Morgan fingerprint density at radius 3 is 1.09 bits per heavy atom. The lowest BCUT2D eigenvalue weighted by Crippen LogP contribution is -2.72. The number of hydrogen-bond donors (Lipinski definition) is 0. The van der Waals surface area contributed by atoms with Gasteiger partial charge in [0.1, 0.15) is 0 Å². The summed E-state index contributed by atoms with van der Waals surface area (Å²) in [6, 6.07) is 0. The van der Waals surface area contributed by atoms with Crippen molar-refractivity contribution >= 4 is 10.1 Å². The van der Waals surface area contributed by atoms with Crippen LogP contribution >= 0.6 is 0 Å². The molecule has 0 N–H and O–H groups in total. The SMILES string of the molecule is CC(F)C(F)(F)C(F)(F)C(F)(F)C(F)(F)C(F)(F)C(F)(F)S(=O)(=O)[O-].CC[N+](CC)(CC)CC. The van der Waals surface area contributed by atoms with Gasteiger partial charge in [-0.25, -0.2) is 12.8 Å². The van der Waals surface area contributed by atoms with Gasteiger partial charge in [-0.2, -0.15) is 52.7 Å². The van der Waals surface area contributed by atoms with E-state index < -0.39 is 58.1 Å². The van der Waals surface area contributed by atoms with Crippen LogP contribution < -0.4 is 0 Å². The zero-order valence-electron chi connectivity index (χ0n) is 18.4. The molecule has 0 aromatic carbocycles. The Hall–Kier alpha value is -1.04. The van der Waals surface area contributed by atoms with E-state index in [9.17, 15) is 70.0 Å². The summed E-state index contributed by atoms with van der Waals surface area (Å²) in [7, 11) is -7.85. The number of alkyl halides is 13. The van der Waals surface area contributed by atoms with Crippen LogP contribution in [0.3, 0.4) is 0 Å². The molecule has 1 atom stereocenters. The minimum atomic E-state index is -8.23. The molecular weight excluding hydrogens is 533 g/mol. The third-order valence-electron chi connectivity index (χ3n) is 5.46. The van der Waals surface area contributed by atoms with Crippen molar-refractivity contribution in [3.8, 4) is 0 Å². The smallest absolute Gasteiger partial charge is 0.402 e. The van der Waals surface area contributed by atoms with Crippen LogP contribution in [0.4, 0.5) is 57.1 Å². The molecule has 4 nitrogen and oxygen atoms in total. The van der Waals surface area contributed by atoms with Crippen molar-refractivity contribution in [1.82, 2.24) is 0 Å². The average Bonchev–Trinajstić information content (AvgIpc) is 2.68. The van der Waals surface area contributed by atoms with Gasteiger partial charge in [-0.1, -0.05) is 0 Å². The molecular formula is C16H24F13NO3S. The van der Waals surface area contributed by atoms with Gasteiger partial charge < -0.3 is 9.04 Å². The predicted octanol–water partition coefficient (Wildman–Crippen LogP) is 5.54. The van der Waals surface area contributed by atoms with Crippen molar-refractivity contribution in [3.05, 3.63) is 0 Å². The topological polar surface area (TPSA) is 57.2 Å². The van der Waals surface area contributed by atoms with Gasteiger partial charge in [-0.3, -0.25) is 0 Å². The molecule has 208 valence electrons. The zero-order chi connectivity index (χ0) is 28.4. The van der Waals surface area contributed by atoms with E-state index in [4.69, 9.17) is 0 Å². The molecule has 0 aromatic heterocycles. The maximum absolute atomic E-state index is 13.0. The highest BCUT2D eigenvalue weighted by Crippen LogP contribution is 2.61. The van der Waals surface area contributed by atoms with E-state index in [-0.39, 0.29) is 0 Å². The molecule has 0 aliphatic rings. The van der Waals surface area contributed by atoms with Crippen molar-refractivity contribution < 1.29 is 74.5 Å². The van der Waals surface area contributed by atoms with Crippen LogP contribution in [0.5, 0.6) is 0 Å². The molecule has 34 heavy (non-hydrogen) atoms. The van der Waals surface area contributed by atoms with Crippen LogP contribution in [0.1, 0.15) is 34.6 Å². The quantitative estimate of drug-likeness (QED) is 0.191. The Morgan fingerprint density at radius 2 is 0.912 bits per heavy atom. The predicted molar refractivity (Wildman–Crippen MR) is 92.4 cm³/mol. The van der Waals surface area contributed by atoms with E-state index in [0.29, 0.717) is 0 Å². The molecule has 0 radical (unpaired) electrons. The Bertz CT molecular complexity index is 749. The molecule has 0 saturated heterocycles. The largest absolute Gasteiger partial charge is 0.743 e. The fourth-order valence-electron chi connectivity index (χ4n) is 2.53. The van der Waals surface area contributed by atoms with E-state index >= 15 is 0 Å². The Kier molecular flexibility index (Phi) is 10.9. The van der Waals surface area contributed by atoms with E-state index in [1.54, 1.807) is 0 Å². The minimum absolute atomic E-state index is 0.572. The molecule has 18 heteroatoms. The Labute approximate surface area is 187 Å². The fraction of sp³-hybridized carbons (Fsp3) is 1.00. The first-order chi connectivity index (χ1) is 14.7. The first-order valence-corrected chi connectivity index (χ1v) is 10.8. The molecule has 0 aliphatic heterocycles. The summed E-state index contributed by atoms with van der Waals surface area (Å²) in [6.07, 6.45) is -4.36. The number of rotatable bonds is 11. The van der Waals surface area contributed by atoms with Gasteiger partial charge in [0, 0.05) is 0 Å². The third kappa shape index (κ3) is 5.52. The summed E-state index contributed by atoms with van der Waals surface area (Å²) in [5, 5.41) is -7.61. The van der Waals surface area contributed by atoms with Crippen LogP contribution in [-0.4, -0.2) is 84.7 Å².